The van der Waals surface area contributed by atoms with E-state index in [1.807, 2.05) is 13.8 Å². The minimum absolute atomic E-state index is 0.108. The number of likely N-dealkylation sites (N-methyl/N-ethyl adjacent to an activating group) is 1. The fraction of sp³-hybridized carbons (Fsp3) is 0.375. The first-order valence-corrected chi connectivity index (χ1v) is 6.58. The van der Waals surface area contributed by atoms with Crippen LogP contribution in [0.15, 0.2) is 36.4 Å². The van der Waals surface area contributed by atoms with E-state index >= 15 is 0 Å². The summed E-state index contributed by atoms with van der Waals surface area (Å²) in [4.78, 5) is 14.0. The monoisotopic (exact) mass is 272 g/mol. The van der Waals surface area contributed by atoms with E-state index in [-0.39, 0.29) is 5.91 Å². The van der Waals surface area contributed by atoms with Gasteiger partial charge in [-0.2, -0.15) is 5.26 Å². The van der Waals surface area contributed by atoms with Crippen LogP contribution in [0.5, 0.6) is 5.75 Å². The first-order valence-electron chi connectivity index (χ1n) is 6.58. The number of hydrogen-bond acceptors (Lipinski definition) is 3. The summed E-state index contributed by atoms with van der Waals surface area (Å²) in [5.74, 6) is 0.325. The number of amides is 1. The highest BCUT2D eigenvalue weighted by atomic mass is 16.5. The van der Waals surface area contributed by atoms with E-state index in [4.69, 9.17) is 10.00 Å². The first kappa shape index (κ1) is 15.8. The van der Waals surface area contributed by atoms with Gasteiger partial charge in [0, 0.05) is 13.1 Å². The van der Waals surface area contributed by atoms with Crippen molar-refractivity contribution in [1.29, 1.82) is 5.26 Å². The Hall–Kier alpha value is -2.28. The molecule has 1 rings (SSSR count). The van der Waals surface area contributed by atoms with Crippen LogP contribution in [0.2, 0.25) is 0 Å². The molecule has 0 saturated carbocycles. The molecule has 0 saturated heterocycles. The largest absolute Gasteiger partial charge is 0.480 e. The lowest BCUT2D eigenvalue weighted by Gasteiger charge is -2.25. The van der Waals surface area contributed by atoms with Crippen LogP contribution in [0, 0.1) is 11.3 Å². The molecule has 1 aromatic rings. The maximum Gasteiger partial charge on any atom is 0.263 e. The lowest BCUT2D eigenvalue weighted by atomic mass is 10.2. The summed E-state index contributed by atoms with van der Waals surface area (Å²) in [7, 11) is 0. The molecule has 0 aliphatic rings. The van der Waals surface area contributed by atoms with E-state index in [2.05, 4.69) is 12.6 Å². The van der Waals surface area contributed by atoms with Crippen LogP contribution in [0.25, 0.3) is 0 Å². The Bertz CT molecular complexity index is 532. The highest BCUT2D eigenvalue weighted by Gasteiger charge is 2.21. The van der Waals surface area contributed by atoms with Crippen molar-refractivity contribution in [3.8, 4) is 11.8 Å². The average molecular weight is 272 g/mol. The molecule has 0 heterocycles. The van der Waals surface area contributed by atoms with Crippen molar-refractivity contribution >= 4 is 5.91 Å². The highest BCUT2D eigenvalue weighted by molar-refractivity contribution is 5.81. The zero-order valence-electron chi connectivity index (χ0n) is 12.2. The zero-order chi connectivity index (χ0) is 15.1. The lowest BCUT2D eigenvalue weighted by Crippen LogP contribution is -2.41. The van der Waals surface area contributed by atoms with Gasteiger partial charge in [-0.3, -0.25) is 4.79 Å². The van der Waals surface area contributed by atoms with Crippen molar-refractivity contribution < 1.29 is 9.53 Å². The van der Waals surface area contributed by atoms with Gasteiger partial charge in [0.2, 0.25) is 0 Å². The standard InChI is InChI=1S/C16H20N2O2/c1-5-18(11-12(2)3)16(19)13(4)20-15-9-7-6-8-14(15)10-17/h6-9,13H,2,5,11H2,1,3-4H3. The number of rotatable bonds is 6. The molecule has 0 aromatic heterocycles. The molecule has 0 bridgehead atoms. The molecule has 1 aromatic carbocycles. The Morgan fingerprint density at radius 1 is 1.50 bits per heavy atom. The number of nitriles is 1. The fourth-order valence-electron chi connectivity index (χ4n) is 1.83. The summed E-state index contributed by atoms with van der Waals surface area (Å²) in [5.41, 5.74) is 1.35. The molecule has 1 atom stereocenters. The molecule has 0 aliphatic heterocycles. The Labute approximate surface area is 120 Å². The van der Waals surface area contributed by atoms with E-state index in [1.54, 1.807) is 36.1 Å². The number of ether oxygens (including phenoxy) is 1. The molecular weight excluding hydrogens is 252 g/mol. The minimum atomic E-state index is -0.635. The molecular formula is C16H20N2O2. The van der Waals surface area contributed by atoms with Crippen LogP contribution in [-0.4, -0.2) is 30.0 Å². The SMILES string of the molecule is C=C(C)CN(CC)C(=O)C(C)Oc1ccccc1C#N. The highest BCUT2D eigenvalue weighted by Crippen LogP contribution is 2.18. The topological polar surface area (TPSA) is 53.3 Å². The smallest absolute Gasteiger partial charge is 0.263 e. The van der Waals surface area contributed by atoms with E-state index in [1.165, 1.54) is 0 Å². The summed E-state index contributed by atoms with van der Waals surface area (Å²) in [6, 6.07) is 8.95. The van der Waals surface area contributed by atoms with E-state index < -0.39 is 6.10 Å². The third kappa shape index (κ3) is 4.13. The van der Waals surface area contributed by atoms with Gasteiger partial charge in [0.25, 0.3) is 5.91 Å². The maximum atomic E-state index is 12.3. The van der Waals surface area contributed by atoms with Crippen LogP contribution in [0.3, 0.4) is 0 Å². The Morgan fingerprint density at radius 2 is 2.15 bits per heavy atom. The van der Waals surface area contributed by atoms with Crippen molar-refractivity contribution in [1.82, 2.24) is 4.90 Å². The molecule has 4 nitrogen and oxygen atoms in total. The Kier molecular flexibility index (Phi) is 5.79. The Morgan fingerprint density at radius 3 is 2.70 bits per heavy atom. The summed E-state index contributed by atoms with van der Waals surface area (Å²) < 4.78 is 5.62. The quantitative estimate of drug-likeness (QED) is 0.748. The van der Waals surface area contributed by atoms with Crippen LogP contribution in [0.1, 0.15) is 26.3 Å². The predicted octanol–water partition coefficient (Wildman–Crippen LogP) is 2.75. The molecule has 1 amide bonds. The van der Waals surface area contributed by atoms with Crippen molar-refractivity contribution in [2.45, 2.75) is 26.9 Å². The van der Waals surface area contributed by atoms with Gasteiger partial charge in [0.05, 0.1) is 5.56 Å². The number of benzene rings is 1. The van der Waals surface area contributed by atoms with Gasteiger partial charge < -0.3 is 9.64 Å². The van der Waals surface area contributed by atoms with Gasteiger partial charge in [0.15, 0.2) is 6.10 Å². The van der Waals surface area contributed by atoms with Crippen LogP contribution in [-0.2, 0) is 4.79 Å². The summed E-state index contributed by atoms with van der Waals surface area (Å²) in [5, 5.41) is 9.01. The average Bonchev–Trinajstić information content (AvgIpc) is 2.44. The number of carbonyl (C=O) groups is 1. The molecule has 0 fully saturated rings. The van der Waals surface area contributed by atoms with Crippen LogP contribution < -0.4 is 4.74 Å². The normalized spacial score (nSPS) is 11.3. The number of hydrogen-bond donors (Lipinski definition) is 0. The second-order valence-corrected chi connectivity index (χ2v) is 4.68. The van der Waals surface area contributed by atoms with E-state index in [0.29, 0.717) is 24.4 Å². The molecule has 0 spiro atoms. The maximum absolute atomic E-state index is 12.3. The van der Waals surface area contributed by atoms with Crippen LogP contribution >= 0.6 is 0 Å². The van der Waals surface area contributed by atoms with Gasteiger partial charge in [-0.1, -0.05) is 24.3 Å². The fourth-order valence-corrected chi connectivity index (χ4v) is 1.83. The zero-order valence-corrected chi connectivity index (χ0v) is 12.2. The molecule has 4 heteroatoms. The lowest BCUT2D eigenvalue weighted by molar-refractivity contribution is -0.137. The van der Waals surface area contributed by atoms with Gasteiger partial charge in [-0.05, 0) is 32.9 Å². The molecule has 0 N–H and O–H groups in total. The summed E-state index contributed by atoms with van der Waals surface area (Å²) in [6.45, 7) is 10.4. The van der Waals surface area contributed by atoms with Gasteiger partial charge in [0.1, 0.15) is 11.8 Å². The molecule has 1 unspecified atom stereocenters. The number of nitrogens with zero attached hydrogens (tertiary/aromatic N) is 2. The van der Waals surface area contributed by atoms with Crippen LogP contribution in [0.4, 0.5) is 0 Å². The Balaban J connectivity index is 2.79. The van der Waals surface area contributed by atoms with Crippen molar-refractivity contribution in [3.05, 3.63) is 42.0 Å². The van der Waals surface area contributed by atoms with Gasteiger partial charge in [-0.15, -0.1) is 0 Å². The van der Waals surface area contributed by atoms with Crippen molar-refractivity contribution in [3.63, 3.8) is 0 Å². The van der Waals surface area contributed by atoms with E-state index in [9.17, 15) is 4.79 Å². The van der Waals surface area contributed by atoms with Crippen molar-refractivity contribution in [2.24, 2.45) is 0 Å². The van der Waals surface area contributed by atoms with Gasteiger partial charge in [-0.25, -0.2) is 0 Å². The molecule has 0 radical (unpaired) electrons. The van der Waals surface area contributed by atoms with Gasteiger partial charge >= 0.3 is 0 Å². The number of para-hydroxylation sites is 1. The second-order valence-electron chi connectivity index (χ2n) is 4.68. The molecule has 20 heavy (non-hydrogen) atoms. The first-order chi connectivity index (χ1) is 9.49. The second kappa shape index (κ2) is 7.34. The summed E-state index contributed by atoms with van der Waals surface area (Å²) in [6.07, 6.45) is -0.635. The van der Waals surface area contributed by atoms with E-state index in [0.717, 1.165) is 5.57 Å². The summed E-state index contributed by atoms with van der Waals surface area (Å²) >= 11 is 0. The molecule has 0 aliphatic carbocycles. The molecule has 106 valence electrons. The third-order valence-electron chi connectivity index (χ3n) is 2.81. The minimum Gasteiger partial charge on any atom is -0.480 e. The number of carbonyl (C=O) groups excluding carboxylic acids is 1. The third-order valence-corrected chi connectivity index (χ3v) is 2.81. The van der Waals surface area contributed by atoms with Crippen molar-refractivity contribution in [2.75, 3.05) is 13.1 Å². The predicted molar refractivity (Wildman–Crippen MR) is 78.3 cm³/mol.